The molecule has 0 bridgehead atoms. The maximum atomic E-state index is 13.3. The van der Waals surface area contributed by atoms with Gasteiger partial charge in [0.1, 0.15) is 0 Å². The third-order valence-corrected chi connectivity index (χ3v) is 6.33. The van der Waals surface area contributed by atoms with Crippen molar-refractivity contribution in [2.24, 2.45) is 10.9 Å². The Bertz CT molecular complexity index is 1020. The molecular weight excluding hydrogens is 344 g/mol. The van der Waals surface area contributed by atoms with Gasteiger partial charge in [0.05, 0.1) is 30.6 Å². The second-order valence-electron chi connectivity index (χ2n) is 7.36. The highest BCUT2D eigenvalue weighted by Gasteiger charge is 2.62. The number of carbonyl (C=O) groups is 1. The van der Waals surface area contributed by atoms with Crippen molar-refractivity contribution in [3.63, 3.8) is 0 Å². The van der Waals surface area contributed by atoms with E-state index < -0.39 is 17.8 Å². The standard InChI is InChI=1S/C21H22N2O4/c1-3-12-11-27-20(25)21(19(24)26-2)15(12)10-16-18-14(8-9-22-16)13-6-4-5-7-17(13)23(18)21/h3-7,15,20,25H,8-11H2,1-2H3. The van der Waals surface area contributed by atoms with Crippen LogP contribution in [0.3, 0.4) is 0 Å². The predicted molar refractivity (Wildman–Crippen MR) is 101 cm³/mol. The van der Waals surface area contributed by atoms with Crippen LogP contribution in [0.2, 0.25) is 0 Å². The number of ether oxygens (including phenoxy) is 2. The van der Waals surface area contributed by atoms with Gasteiger partial charge < -0.3 is 19.1 Å². The van der Waals surface area contributed by atoms with Crippen molar-refractivity contribution in [1.82, 2.24) is 4.57 Å². The Morgan fingerprint density at radius 2 is 2.26 bits per heavy atom. The molecule has 0 spiro atoms. The third-order valence-electron chi connectivity index (χ3n) is 6.33. The zero-order valence-corrected chi connectivity index (χ0v) is 15.4. The molecule has 3 aliphatic heterocycles. The molecule has 1 aromatic heterocycles. The molecule has 3 aliphatic rings. The molecule has 140 valence electrons. The van der Waals surface area contributed by atoms with Crippen LogP contribution in [0.5, 0.6) is 0 Å². The molecule has 1 fully saturated rings. The number of hydrogen-bond donors (Lipinski definition) is 1. The van der Waals surface area contributed by atoms with Crippen molar-refractivity contribution in [1.29, 1.82) is 0 Å². The van der Waals surface area contributed by atoms with E-state index in [1.165, 1.54) is 12.7 Å². The molecule has 0 amide bonds. The van der Waals surface area contributed by atoms with Gasteiger partial charge in [-0.3, -0.25) is 4.99 Å². The molecule has 1 aromatic carbocycles. The summed E-state index contributed by atoms with van der Waals surface area (Å²) in [6.45, 7) is 2.99. The summed E-state index contributed by atoms with van der Waals surface area (Å²) < 4.78 is 12.9. The summed E-state index contributed by atoms with van der Waals surface area (Å²) >= 11 is 0. The number of aromatic nitrogens is 1. The molecule has 0 saturated carbocycles. The molecule has 3 atom stereocenters. The van der Waals surface area contributed by atoms with Crippen molar-refractivity contribution in [3.05, 3.63) is 47.2 Å². The SMILES string of the molecule is CC=C1COC(O)C2(C(=O)OC)C1CC1=NCCc3c1n2c1ccccc31. The number of methoxy groups -OCH3 is 1. The molecule has 3 unspecified atom stereocenters. The summed E-state index contributed by atoms with van der Waals surface area (Å²) in [6.07, 6.45) is 2.11. The van der Waals surface area contributed by atoms with Gasteiger partial charge in [0, 0.05) is 24.3 Å². The molecule has 0 aliphatic carbocycles. The van der Waals surface area contributed by atoms with E-state index in [2.05, 4.69) is 6.07 Å². The molecule has 4 heterocycles. The van der Waals surface area contributed by atoms with Gasteiger partial charge in [0.15, 0.2) is 6.29 Å². The molecule has 2 aromatic rings. The van der Waals surface area contributed by atoms with E-state index in [4.69, 9.17) is 14.5 Å². The quantitative estimate of drug-likeness (QED) is 0.620. The lowest BCUT2D eigenvalue weighted by Crippen LogP contribution is -2.64. The van der Waals surface area contributed by atoms with Crippen LogP contribution >= 0.6 is 0 Å². The third kappa shape index (κ3) is 1.92. The van der Waals surface area contributed by atoms with Gasteiger partial charge in [0.2, 0.25) is 5.54 Å². The first-order valence-electron chi connectivity index (χ1n) is 9.34. The number of aliphatic hydroxyl groups is 1. The summed E-state index contributed by atoms with van der Waals surface area (Å²) in [5, 5.41) is 12.2. The summed E-state index contributed by atoms with van der Waals surface area (Å²) in [7, 11) is 1.37. The van der Waals surface area contributed by atoms with Gasteiger partial charge in [-0.2, -0.15) is 0 Å². The summed E-state index contributed by atoms with van der Waals surface area (Å²) in [6, 6.07) is 8.03. The van der Waals surface area contributed by atoms with Gasteiger partial charge in [-0.25, -0.2) is 4.79 Å². The molecule has 0 radical (unpaired) electrons. The number of nitrogens with zero attached hydrogens (tertiary/aromatic N) is 2. The Labute approximate surface area is 157 Å². The zero-order valence-electron chi connectivity index (χ0n) is 15.4. The lowest BCUT2D eigenvalue weighted by molar-refractivity contribution is -0.214. The fraction of sp³-hybridized carbons (Fsp3) is 0.429. The van der Waals surface area contributed by atoms with Crippen molar-refractivity contribution in [3.8, 4) is 0 Å². The van der Waals surface area contributed by atoms with Gasteiger partial charge in [-0.1, -0.05) is 24.3 Å². The van der Waals surface area contributed by atoms with Crippen LogP contribution in [0.25, 0.3) is 10.9 Å². The number of aliphatic imine (C=N–C) groups is 1. The van der Waals surface area contributed by atoms with E-state index in [0.717, 1.165) is 40.8 Å². The monoisotopic (exact) mass is 366 g/mol. The van der Waals surface area contributed by atoms with E-state index in [1.54, 1.807) is 0 Å². The fourth-order valence-corrected chi connectivity index (χ4v) is 5.17. The Morgan fingerprint density at radius 1 is 1.44 bits per heavy atom. The molecule has 5 rings (SSSR count). The highest BCUT2D eigenvalue weighted by Crippen LogP contribution is 2.51. The first-order chi connectivity index (χ1) is 13.1. The Hall–Kier alpha value is -2.44. The molecule has 1 saturated heterocycles. The molecule has 1 N–H and O–H groups in total. The van der Waals surface area contributed by atoms with Crippen LogP contribution in [0.1, 0.15) is 24.6 Å². The van der Waals surface area contributed by atoms with Crippen molar-refractivity contribution >= 4 is 22.6 Å². The van der Waals surface area contributed by atoms with Gasteiger partial charge in [-0.15, -0.1) is 0 Å². The minimum Gasteiger partial charge on any atom is -0.467 e. The van der Waals surface area contributed by atoms with E-state index in [9.17, 15) is 9.90 Å². The minimum absolute atomic E-state index is 0.258. The highest BCUT2D eigenvalue weighted by atomic mass is 16.6. The number of rotatable bonds is 1. The van der Waals surface area contributed by atoms with E-state index in [1.807, 2.05) is 35.8 Å². The highest BCUT2D eigenvalue weighted by molar-refractivity contribution is 6.09. The van der Waals surface area contributed by atoms with Crippen LogP contribution in [-0.2, 0) is 26.2 Å². The number of esters is 1. The zero-order chi connectivity index (χ0) is 18.8. The number of fused-ring (bicyclic) bond motifs is 5. The van der Waals surface area contributed by atoms with E-state index in [-0.39, 0.29) is 5.92 Å². The van der Waals surface area contributed by atoms with Crippen molar-refractivity contribution in [2.75, 3.05) is 20.3 Å². The van der Waals surface area contributed by atoms with Gasteiger partial charge in [0.25, 0.3) is 0 Å². The Morgan fingerprint density at radius 3 is 3.04 bits per heavy atom. The maximum absolute atomic E-state index is 13.3. The molecule has 6 nitrogen and oxygen atoms in total. The van der Waals surface area contributed by atoms with Crippen LogP contribution < -0.4 is 0 Å². The first-order valence-corrected chi connectivity index (χ1v) is 9.34. The van der Waals surface area contributed by atoms with Gasteiger partial charge >= 0.3 is 5.97 Å². The predicted octanol–water partition coefficient (Wildman–Crippen LogP) is 2.17. The number of para-hydroxylation sites is 1. The van der Waals surface area contributed by atoms with Crippen LogP contribution in [-0.4, -0.2) is 47.9 Å². The number of hydrogen-bond acceptors (Lipinski definition) is 5. The Balaban J connectivity index is 1.95. The van der Waals surface area contributed by atoms with E-state index >= 15 is 0 Å². The van der Waals surface area contributed by atoms with Crippen molar-refractivity contribution in [2.45, 2.75) is 31.6 Å². The molecular formula is C21H22N2O4. The topological polar surface area (TPSA) is 73.1 Å². The average molecular weight is 366 g/mol. The average Bonchev–Trinajstić information content (AvgIpc) is 3.05. The molecule has 6 heteroatoms. The number of benzene rings is 1. The smallest absolute Gasteiger partial charge is 0.338 e. The largest absolute Gasteiger partial charge is 0.467 e. The lowest BCUT2D eigenvalue weighted by Gasteiger charge is -2.50. The summed E-state index contributed by atoms with van der Waals surface area (Å²) in [4.78, 5) is 18.1. The normalized spacial score (nSPS) is 30.6. The maximum Gasteiger partial charge on any atom is 0.338 e. The Kier molecular flexibility index (Phi) is 3.58. The fourth-order valence-electron chi connectivity index (χ4n) is 5.17. The number of aliphatic hydroxyl groups excluding tert-OH is 1. The molecule has 27 heavy (non-hydrogen) atoms. The van der Waals surface area contributed by atoms with Crippen LogP contribution in [0.15, 0.2) is 40.9 Å². The summed E-state index contributed by atoms with van der Waals surface area (Å²) in [5.74, 6) is -0.737. The number of allylic oxidation sites excluding steroid dienone is 1. The second kappa shape index (κ2) is 5.78. The van der Waals surface area contributed by atoms with E-state index in [0.29, 0.717) is 13.0 Å². The lowest BCUT2D eigenvalue weighted by atomic mass is 9.70. The number of carbonyl (C=O) groups excluding carboxylic acids is 1. The van der Waals surface area contributed by atoms with Crippen LogP contribution in [0.4, 0.5) is 0 Å². The first kappa shape index (κ1) is 16.7. The van der Waals surface area contributed by atoms with Crippen molar-refractivity contribution < 1.29 is 19.4 Å². The second-order valence-corrected chi connectivity index (χ2v) is 7.36. The summed E-state index contributed by atoms with van der Waals surface area (Å²) in [5.41, 5.74) is 3.70. The van der Waals surface area contributed by atoms with Gasteiger partial charge in [-0.05, 0) is 30.5 Å². The minimum atomic E-state index is -1.35. The van der Waals surface area contributed by atoms with Crippen LogP contribution in [0, 0.1) is 5.92 Å².